The number of carbonyl (C=O) groups excluding carboxylic acids is 2. The van der Waals surface area contributed by atoms with Gasteiger partial charge in [0.25, 0.3) is 11.8 Å². The zero-order valence-corrected chi connectivity index (χ0v) is 16.9. The number of benzene rings is 1. The number of amides is 2. The number of carbonyl (C=O) groups is 2. The Morgan fingerprint density at radius 2 is 1.76 bits per heavy atom. The Morgan fingerprint density at radius 1 is 1.03 bits per heavy atom. The van der Waals surface area contributed by atoms with Gasteiger partial charge in [-0.15, -0.1) is 0 Å². The highest BCUT2D eigenvalue weighted by atomic mass is 16.5. The molecule has 0 radical (unpaired) electrons. The highest BCUT2D eigenvalue weighted by Crippen LogP contribution is 2.34. The lowest BCUT2D eigenvalue weighted by Crippen LogP contribution is -2.33. The van der Waals surface area contributed by atoms with Gasteiger partial charge in [-0.05, 0) is 48.6 Å². The van der Waals surface area contributed by atoms with E-state index in [0.29, 0.717) is 29.6 Å². The molecule has 0 aliphatic carbocycles. The average molecular weight is 394 g/mol. The molecule has 0 bridgehead atoms. The lowest BCUT2D eigenvalue weighted by molar-refractivity contribution is -0.138. The Kier molecular flexibility index (Phi) is 5.43. The first-order valence-electron chi connectivity index (χ1n) is 10.2. The number of likely N-dealkylation sites (tertiary alicyclic amines) is 1. The van der Waals surface area contributed by atoms with Crippen molar-refractivity contribution < 1.29 is 18.7 Å². The number of imide groups is 1. The van der Waals surface area contributed by atoms with Crippen LogP contribution in [0, 0.1) is 5.92 Å². The molecule has 0 N–H and O–H groups in total. The number of nitrogens with zero attached hydrogens (tertiary/aromatic N) is 2. The van der Waals surface area contributed by atoms with Crippen LogP contribution in [0.4, 0.5) is 0 Å². The fourth-order valence-corrected chi connectivity index (χ4v) is 3.74. The summed E-state index contributed by atoms with van der Waals surface area (Å²) in [4.78, 5) is 29.8. The van der Waals surface area contributed by atoms with Gasteiger partial charge in [0, 0.05) is 13.1 Å². The van der Waals surface area contributed by atoms with Crippen LogP contribution in [0.15, 0.2) is 52.8 Å². The molecule has 1 aromatic carbocycles. The number of furan rings is 1. The molecule has 152 valence electrons. The Labute approximate surface area is 170 Å². The number of rotatable bonds is 7. The SMILES string of the molecule is CC(C)COc1ccc(C2=C(N3CCCC3)C(=O)N(Cc3ccco3)C2=O)cc1. The second kappa shape index (κ2) is 8.15. The lowest BCUT2D eigenvalue weighted by atomic mass is 10.0. The fourth-order valence-electron chi connectivity index (χ4n) is 3.74. The number of hydrogen-bond donors (Lipinski definition) is 0. The molecule has 0 unspecified atom stereocenters. The van der Waals surface area contributed by atoms with Crippen LogP contribution in [-0.2, 0) is 16.1 Å². The first-order valence-corrected chi connectivity index (χ1v) is 10.2. The first kappa shape index (κ1) is 19.3. The second-order valence-electron chi connectivity index (χ2n) is 7.92. The summed E-state index contributed by atoms with van der Waals surface area (Å²) in [5.41, 5.74) is 1.72. The molecule has 1 fully saturated rings. The number of hydrogen-bond acceptors (Lipinski definition) is 5. The molecule has 0 saturated carbocycles. The van der Waals surface area contributed by atoms with Gasteiger partial charge in [-0.3, -0.25) is 14.5 Å². The summed E-state index contributed by atoms with van der Waals surface area (Å²) in [6.07, 6.45) is 3.60. The minimum absolute atomic E-state index is 0.140. The third-order valence-corrected chi connectivity index (χ3v) is 5.19. The minimum atomic E-state index is -0.274. The maximum absolute atomic E-state index is 13.3. The monoisotopic (exact) mass is 394 g/mol. The average Bonchev–Trinajstić information content (AvgIpc) is 3.45. The minimum Gasteiger partial charge on any atom is -0.493 e. The summed E-state index contributed by atoms with van der Waals surface area (Å²) in [6.45, 7) is 6.55. The van der Waals surface area contributed by atoms with Crippen molar-refractivity contribution in [3.63, 3.8) is 0 Å². The zero-order chi connectivity index (χ0) is 20.4. The van der Waals surface area contributed by atoms with Gasteiger partial charge in [0.15, 0.2) is 0 Å². The van der Waals surface area contributed by atoms with Gasteiger partial charge >= 0.3 is 0 Å². The van der Waals surface area contributed by atoms with Crippen molar-refractivity contribution in [2.75, 3.05) is 19.7 Å². The van der Waals surface area contributed by atoms with Gasteiger partial charge in [-0.1, -0.05) is 26.0 Å². The van der Waals surface area contributed by atoms with Gasteiger partial charge in [0.05, 0.1) is 25.0 Å². The van der Waals surface area contributed by atoms with Crippen LogP contribution in [0.2, 0.25) is 0 Å². The topological polar surface area (TPSA) is 63.0 Å². The summed E-state index contributed by atoms with van der Waals surface area (Å²) in [6, 6.07) is 11.0. The van der Waals surface area contributed by atoms with Crippen molar-refractivity contribution in [2.45, 2.75) is 33.2 Å². The quantitative estimate of drug-likeness (QED) is 0.670. The fraction of sp³-hybridized carbons (Fsp3) is 0.391. The van der Waals surface area contributed by atoms with Crippen molar-refractivity contribution in [3.8, 4) is 5.75 Å². The Balaban J connectivity index is 1.65. The Hall–Kier alpha value is -3.02. The molecule has 2 amide bonds. The Morgan fingerprint density at radius 3 is 2.38 bits per heavy atom. The van der Waals surface area contributed by atoms with Crippen LogP contribution in [0.1, 0.15) is 38.0 Å². The van der Waals surface area contributed by atoms with E-state index in [1.165, 1.54) is 4.90 Å². The van der Waals surface area contributed by atoms with Crippen molar-refractivity contribution in [1.82, 2.24) is 9.80 Å². The van der Waals surface area contributed by atoms with Crippen molar-refractivity contribution >= 4 is 17.4 Å². The molecule has 1 aromatic heterocycles. The highest BCUT2D eigenvalue weighted by molar-refractivity contribution is 6.35. The van der Waals surface area contributed by atoms with Crippen LogP contribution in [0.3, 0.4) is 0 Å². The van der Waals surface area contributed by atoms with Gasteiger partial charge in [-0.2, -0.15) is 0 Å². The van der Waals surface area contributed by atoms with E-state index in [1.807, 2.05) is 29.2 Å². The molecule has 2 aliphatic heterocycles. The van der Waals surface area contributed by atoms with E-state index in [2.05, 4.69) is 13.8 Å². The van der Waals surface area contributed by atoms with Gasteiger partial charge < -0.3 is 14.1 Å². The van der Waals surface area contributed by atoms with Crippen LogP contribution < -0.4 is 4.74 Å². The molecule has 1 saturated heterocycles. The maximum atomic E-state index is 13.3. The lowest BCUT2D eigenvalue weighted by Gasteiger charge is -2.19. The van der Waals surface area contributed by atoms with Crippen LogP contribution in [-0.4, -0.2) is 41.3 Å². The molecule has 4 rings (SSSR count). The molecule has 6 heteroatoms. The standard InChI is InChI=1S/C23H26N2O4/c1-16(2)15-29-18-9-7-17(8-10-18)20-21(24-11-3-4-12-24)23(27)25(22(20)26)14-19-6-5-13-28-19/h5-10,13,16H,3-4,11-12,14-15H2,1-2H3. The molecule has 2 aliphatic rings. The van der Waals surface area contributed by atoms with Gasteiger partial charge in [0.2, 0.25) is 0 Å². The van der Waals surface area contributed by atoms with Crippen molar-refractivity contribution in [1.29, 1.82) is 0 Å². The predicted octanol–water partition coefficient (Wildman–Crippen LogP) is 3.69. The molecule has 2 aromatic rings. The predicted molar refractivity (Wildman–Crippen MR) is 109 cm³/mol. The largest absolute Gasteiger partial charge is 0.493 e. The van der Waals surface area contributed by atoms with E-state index in [1.54, 1.807) is 18.4 Å². The maximum Gasteiger partial charge on any atom is 0.278 e. The van der Waals surface area contributed by atoms with Gasteiger partial charge in [0.1, 0.15) is 17.2 Å². The molecular weight excluding hydrogens is 368 g/mol. The number of ether oxygens (including phenoxy) is 1. The van der Waals surface area contributed by atoms with Crippen LogP contribution >= 0.6 is 0 Å². The van der Waals surface area contributed by atoms with Crippen LogP contribution in [0.25, 0.3) is 5.57 Å². The van der Waals surface area contributed by atoms with Crippen LogP contribution in [0.5, 0.6) is 5.75 Å². The van der Waals surface area contributed by atoms with E-state index in [0.717, 1.165) is 37.2 Å². The molecular formula is C23H26N2O4. The third kappa shape index (κ3) is 3.92. The summed E-state index contributed by atoms with van der Waals surface area (Å²) in [5, 5.41) is 0. The molecule has 0 spiro atoms. The first-order chi connectivity index (χ1) is 14.0. The summed E-state index contributed by atoms with van der Waals surface area (Å²) < 4.78 is 11.1. The van der Waals surface area contributed by atoms with Crippen molar-refractivity contribution in [2.24, 2.45) is 5.92 Å². The van der Waals surface area contributed by atoms with E-state index in [-0.39, 0.29) is 18.4 Å². The van der Waals surface area contributed by atoms with E-state index < -0.39 is 0 Å². The summed E-state index contributed by atoms with van der Waals surface area (Å²) in [7, 11) is 0. The zero-order valence-electron chi connectivity index (χ0n) is 16.9. The highest BCUT2D eigenvalue weighted by Gasteiger charge is 2.42. The smallest absolute Gasteiger partial charge is 0.278 e. The third-order valence-electron chi connectivity index (χ3n) is 5.19. The van der Waals surface area contributed by atoms with Crippen molar-refractivity contribution in [3.05, 3.63) is 59.7 Å². The Bertz CT molecular complexity index is 907. The molecule has 29 heavy (non-hydrogen) atoms. The molecule has 6 nitrogen and oxygen atoms in total. The van der Waals surface area contributed by atoms with E-state index in [9.17, 15) is 9.59 Å². The normalized spacial score (nSPS) is 17.2. The van der Waals surface area contributed by atoms with Gasteiger partial charge in [-0.25, -0.2) is 0 Å². The van der Waals surface area contributed by atoms with E-state index in [4.69, 9.17) is 9.15 Å². The molecule has 3 heterocycles. The second-order valence-corrected chi connectivity index (χ2v) is 7.92. The molecule has 0 atom stereocenters. The summed E-state index contributed by atoms with van der Waals surface area (Å²) in [5.74, 6) is 1.26. The van der Waals surface area contributed by atoms with E-state index >= 15 is 0 Å². The summed E-state index contributed by atoms with van der Waals surface area (Å²) >= 11 is 0.